The zero-order valence-electron chi connectivity index (χ0n) is 14.4. The predicted molar refractivity (Wildman–Crippen MR) is 87.3 cm³/mol. The highest BCUT2D eigenvalue weighted by atomic mass is 19.4. The largest absolute Gasteiger partial charge is 0.416 e. The first-order valence-electron chi connectivity index (χ1n) is 7.86. The summed E-state index contributed by atoms with van der Waals surface area (Å²) in [7, 11) is 1.23. The third-order valence-electron chi connectivity index (χ3n) is 4.20. The number of rotatable bonds is 2. The first-order valence-corrected chi connectivity index (χ1v) is 7.86. The van der Waals surface area contributed by atoms with E-state index in [0.717, 1.165) is 17.0 Å². The fourth-order valence-corrected chi connectivity index (χ4v) is 2.73. The molecule has 2 aromatic carbocycles. The Bertz CT molecular complexity index is 1010. The van der Waals surface area contributed by atoms with E-state index in [-0.39, 0.29) is 22.8 Å². The van der Waals surface area contributed by atoms with Gasteiger partial charge in [0.2, 0.25) is 0 Å². The molecule has 0 saturated carbocycles. The molecule has 1 aliphatic heterocycles. The Balaban J connectivity index is 1.96. The van der Waals surface area contributed by atoms with Crippen molar-refractivity contribution in [2.24, 2.45) is 0 Å². The molecule has 0 fully saturated rings. The lowest BCUT2D eigenvalue weighted by Crippen LogP contribution is -2.24. The maximum atomic E-state index is 12.9. The summed E-state index contributed by atoms with van der Waals surface area (Å²) in [6, 6.07) is 4.03. The van der Waals surface area contributed by atoms with Crippen LogP contribution in [0.1, 0.15) is 42.2 Å². The van der Waals surface area contributed by atoms with E-state index in [1.807, 2.05) is 5.32 Å². The fraction of sp³-hybridized carbons (Fsp3) is 0.167. The number of benzene rings is 2. The smallest absolute Gasteiger partial charge is 0.322 e. The SMILES string of the molecule is CN1C(=O)c2ccc(C(=O)Nc3cc(C(F)(F)F)cc(C(F)(F)F)c3)cc2C1=O. The van der Waals surface area contributed by atoms with Crippen LogP contribution in [0.2, 0.25) is 0 Å². The molecule has 0 saturated heterocycles. The Kier molecular flexibility index (Phi) is 4.64. The molecule has 2 aromatic rings. The van der Waals surface area contributed by atoms with Crippen LogP contribution < -0.4 is 5.32 Å². The second kappa shape index (κ2) is 6.61. The average molecular weight is 416 g/mol. The minimum Gasteiger partial charge on any atom is -0.322 e. The highest BCUT2D eigenvalue weighted by molar-refractivity contribution is 6.22. The van der Waals surface area contributed by atoms with Gasteiger partial charge in [0.05, 0.1) is 22.3 Å². The van der Waals surface area contributed by atoms with Crippen molar-refractivity contribution in [2.75, 3.05) is 12.4 Å². The third kappa shape index (κ3) is 3.80. The van der Waals surface area contributed by atoms with Crippen molar-refractivity contribution in [3.05, 3.63) is 64.2 Å². The number of anilines is 1. The van der Waals surface area contributed by atoms with Gasteiger partial charge in [0.15, 0.2) is 0 Å². The van der Waals surface area contributed by atoms with Crippen LogP contribution >= 0.6 is 0 Å². The molecule has 0 atom stereocenters. The zero-order valence-corrected chi connectivity index (χ0v) is 14.4. The first kappa shape index (κ1) is 20.4. The summed E-state index contributed by atoms with van der Waals surface area (Å²) in [6.45, 7) is 0. The van der Waals surface area contributed by atoms with E-state index >= 15 is 0 Å². The minimum atomic E-state index is -5.06. The van der Waals surface area contributed by atoms with E-state index in [2.05, 4.69) is 0 Å². The summed E-state index contributed by atoms with van der Waals surface area (Å²) in [5, 5.41) is 1.96. The van der Waals surface area contributed by atoms with Crippen molar-refractivity contribution in [1.82, 2.24) is 4.90 Å². The molecule has 11 heteroatoms. The van der Waals surface area contributed by atoms with E-state index in [4.69, 9.17) is 0 Å². The summed E-state index contributed by atoms with van der Waals surface area (Å²) >= 11 is 0. The maximum Gasteiger partial charge on any atom is 0.416 e. The molecule has 3 amide bonds. The van der Waals surface area contributed by atoms with Gasteiger partial charge in [-0.25, -0.2) is 0 Å². The molecule has 3 rings (SSSR count). The number of amides is 3. The molecule has 0 unspecified atom stereocenters. The van der Waals surface area contributed by atoms with Crippen molar-refractivity contribution in [2.45, 2.75) is 12.4 Å². The average Bonchev–Trinajstić information content (AvgIpc) is 2.84. The summed E-state index contributed by atoms with van der Waals surface area (Å²) in [4.78, 5) is 36.9. The van der Waals surface area contributed by atoms with Crippen LogP contribution in [-0.2, 0) is 12.4 Å². The molecule has 152 valence electrons. The van der Waals surface area contributed by atoms with Crippen LogP contribution in [0.25, 0.3) is 0 Å². The summed E-state index contributed by atoms with van der Waals surface area (Å²) in [5.41, 5.74) is -4.17. The number of imide groups is 1. The summed E-state index contributed by atoms with van der Waals surface area (Å²) in [6.07, 6.45) is -10.1. The molecule has 0 spiro atoms. The van der Waals surface area contributed by atoms with Gasteiger partial charge >= 0.3 is 12.4 Å². The van der Waals surface area contributed by atoms with Gasteiger partial charge in [-0.2, -0.15) is 26.3 Å². The molecule has 0 bridgehead atoms. The van der Waals surface area contributed by atoms with Gasteiger partial charge in [0.25, 0.3) is 17.7 Å². The number of halogens is 6. The standard InChI is InChI=1S/C18H10F6N2O3/c1-26-15(28)12-3-2-8(4-13(12)16(26)29)14(27)25-11-6-9(17(19,20)21)5-10(7-11)18(22,23)24/h2-7H,1H3,(H,25,27). The number of hydrogen-bond donors (Lipinski definition) is 1. The van der Waals surface area contributed by atoms with Gasteiger partial charge in [-0.15, -0.1) is 0 Å². The van der Waals surface area contributed by atoms with Crippen molar-refractivity contribution in [3.8, 4) is 0 Å². The quantitative estimate of drug-likeness (QED) is 0.590. The number of carbonyl (C=O) groups is 3. The first-order chi connectivity index (χ1) is 13.3. The van der Waals surface area contributed by atoms with E-state index in [9.17, 15) is 40.7 Å². The molecule has 0 radical (unpaired) electrons. The minimum absolute atomic E-state index is 0.0347. The Hall–Kier alpha value is -3.37. The normalized spacial score (nSPS) is 14.2. The Morgan fingerprint density at radius 2 is 1.34 bits per heavy atom. The fourth-order valence-electron chi connectivity index (χ4n) is 2.73. The highest BCUT2D eigenvalue weighted by Gasteiger charge is 2.37. The Labute approximate surface area is 158 Å². The van der Waals surface area contributed by atoms with Crippen molar-refractivity contribution in [1.29, 1.82) is 0 Å². The number of nitrogens with one attached hydrogen (secondary N) is 1. The van der Waals surface area contributed by atoms with Gasteiger partial charge in [-0.05, 0) is 36.4 Å². The highest BCUT2D eigenvalue weighted by Crippen LogP contribution is 2.37. The summed E-state index contributed by atoms with van der Waals surface area (Å²) < 4.78 is 77.5. The van der Waals surface area contributed by atoms with Gasteiger partial charge < -0.3 is 5.32 Å². The molecular weight excluding hydrogens is 406 g/mol. The summed E-state index contributed by atoms with van der Waals surface area (Å²) in [5.74, 6) is -2.32. The number of fused-ring (bicyclic) bond motifs is 1. The number of alkyl halides is 6. The van der Waals surface area contributed by atoms with Crippen LogP contribution in [0.3, 0.4) is 0 Å². The number of carbonyl (C=O) groups excluding carboxylic acids is 3. The molecule has 1 heterocycles. The Morgan fingerprint density at radius 1 is 0.828 bits per heavy atom. The van der Waals surface area contributed by atoms with E-state index in [1.54, 1.807) is 0 Å². The van der Waals surface area contributed by atoms with Crippen molar-refractivity contribution >= 4 is 23.4 Å². The van der Waals surface area contributed by atoms with Crippen molar-refractivity contribution in [3.63, 3.8) is 0 Å². The molecule has 0 aromatic heterocycles. The lowest BCUT2D eigenvalue weighted by Gasteiger charge is -2.15. The van der Waals surface area contributed by atoms with E-state index in [1.165, 1.54) is 13.1 Å². The molecule has 5 nitrogen and oxygen atoms in total. The van der Waals surface area contributed by atoms with Crippen LogP contribution in [-0.4, -0.2) is 29.7 Å². The van der Waals surface area contributed by atoms with Crippen LogP contribution in [0.15, 0.2) is 36.4 Å². The molecule has 1 N–H and O–H groups in total. The maximum absolute atomic E-state index is 12.9. The molecular formula is C18H10F6N2O3. The zero-order chi connectivity index (χ0) is 21.7. The van der Waals surface area contributed by atoms with Crippen molar-refractivity contribution < 1.29 is 40.7 Å². The number of hydrogen-bond acceptors (Lipinski definition) is 3. The monoisotopic (exact) mass is 416 g/mol. The van der Waals surface area contributed by atoms with Crippen LogP contribution in [0.5, 0.6) is 0 Å². The van der Waals surface area contributed by atoms with Gasteiger partial charge in [-0.1, -0.05) is 0 Å². The van der Waals surface area contributed by atoms with E-state index in [0.29, 0.717) is 12.1 Å². The van der Waals surface area contributed by atoms with Crippen LogP contribution in [0.4, 0.5) is 32.0 Å². The second-order valence-corrected chi connectivity index (χ2v) is 6.18. The molecule has 29 heavy (non-hydrogen) atoms. The Morgan fingerprint density at radius 3 is 1.86 bits per heavy atom. The molecule has 0 aliphatic carbocycles. The lowest BCUT2D eigenvalue weighted by molar-refractivity contribution is -0.143. The van der Waals surface area contributed by atoms with Gasteiger partial charge in [0, 0.05) is 18.3 Å². The predicted octanol–water partition coefficient (Wildman–Crippen LogP) is 4.20. The molecule has 1 aliphatic rings. The number of nitrogens with zero attached hydrogens (tertiary/aromatic N) is 1. The topological polar surface area (TPSA) is 66.5 Å². The van der Waals surface area contributed by atoms with Gasteiger partial charge in [0.1, 0.15) is 0 Å². The third-order valence-corrected chi connectivity index (χ3v) is 4.20. The van der Waals surface area contributed by atoms with Gasteiger partial charge in [-0.3, -0.25) is 19.3 Å². The van der Waals surface area contributed by atoms with Crippen LogP contribution in [0, 0.1) is 0 Å². The van der Waals surface area contributed by atoms with E-state index < -0.39 is 46.9 Å². The second-order valence-electron chi connectivity index (χ2n) is 6.18. The lowest BCUT2D eigenvalue weighted by atomic mass is 10.0.